The first-order valence-electron chi connectivity index (χ1n) is 6.09. The molecule has 0 aliphatic heterocycles. The van der Waals surface area contributed by atoms with Crippen molar-refractivity contribution in [1.82, 2.24) is 0 Å². The molecule has 0 aromatic heterocycles. The molecule has 2 nitrogen and oxygen atoms in total. The molecule has 0 aliphatic carbocycles. The van der Waals surface area contributed by atoms with Gasteiger partial charge in [-0.25, -0.2) is 4.39 Å². The number of benzene rings is 1. The lowest BCUT2D eigenvalue weighted by molar-refractivity contribution is 0.0575. The van der Waals surface area contributed by atoms with Gasteiger partial charge < -0.3 is 9.47 Å². The highest BCUT2D eigenvalue weighted by molar-refractivity contribution is 7.99. The average Bonchev–Trinajstić information content (AvgIpc) is 2.42. The van der Waals surface area contributed by atoms with Crippen molar-refractivity contribution in [2.75, 3.05) is 20.4 Å². The second-order valence-corrected chi connectivity index (χ2v) is 5.49. The number of hydrogen-bond donors (Lipinski definition) is 0. The molecule has 2 atom stereocenters. The summed E-state index contributed by atoms with van der Waals surface area (Å²) in [5.74, 6) is 1.80. The van der Waals surface area contributed by atoms with Crippen LogP contribution in [0.3, 0.4) is 0 Å². The zero-order valence-corrected chi connectivity index (χ0v) is 12.0. The Morgan fingerprint density at radius 1 is 1.22 bits per heavy atom. The van der Waals surface area contributed by atoms with Crippen LogP contribution in [0.5, 0.6) is 5.75 Å². The maximum absolute atomic E-state index is 12.0. The van der Waals surface area contributed by atoms with Gasteiger partial charge in [0.05, 0.1) is 19.8 Å². The Hall–Kier alpha value is -0.740. The van der Waals surface area contributed by atoms with Crippen molar-refractivity contribution in [1.29, 1.82) is 0 Å². The standard InChI is InChI=1S/C14H21FO2S/c1-11(17-9-8-15)12(2)18-10-13-4-6-14(16-3)7-5-13/h4-7,11-12H,8-10H2,1-3H3/t11?,12-/m1/s1. The third kappa shape index (κ3) is 5.27. The Morgan fingerprint density at radius 3 is 2.44 bits per heavy atom. The lowest BCUT2D eigenvalue weighted by atomic mass is 10.2. The first-order chi connectivity index (χ1) is 8.67. The molecule has 0 saturated heterocycles. The summed E-state index contributed by atoms with van der Waals surface area (Å²) in [6.45, 7) is 3.87. The summed E-state index contributed by atoms with van der Waals surface area (Å²) in [5, 5.41) is 0.346. The molecule has 0 fully saturated rings. The largest absolute Gasteiger partial charge is 0.497 e. The zero-order chi connectivity index (χ0) is 13.4. The van der Waals surface area contributed by atoms with Crippen molar-refractivity contribution < 1.29 is 13.9 Å². The molecule has 0 bridgehead atoms. The van der Waals surface area contributed by atoms with Gasteiger partial charge in [-0.3, -0.25) is 0 Å². The van der Waals surface area contributed by atoms with Crippen LogP contribution >= 0.6 is 11.8 Å². The van der Waals surface area contributed by atoms with Crippen LogP contribution in [-0.4, -0.2) is 31.7 Å². The topological polar surface area (TPSA) is 18.5 Å². The van der Waals surface area contributed by atoms with Gasteiger partial charge in [0.1, 0.15) is 12.4 Å². The van der Waals surface area contributed by atoms with Crippen molar-refractivity contribution in [3.8, 4) is 5.75 Å². The van der Waals surface area contributed by atoms with E-state index >= 15 is 0 Å². The van der Waals surface area contributed by atoms with E-state index in [1.54, 1.807) is 7.11 Å². The molecule has 1 rings (SSSR count). The van der Waals surface area contributed by atoms with Gasteiger partial charge in [0.15, 0.2) is 0 Å². The summed E-state index contributed by atoms with van der Waals surface area (Å²) in [5.41, 5.74) is 1.25. The van der Waals surface area contributed by atoms with Crippen LogP contribution in [0.4, 0.5) is 4.39 Å². The number of methoxy groups -OCH3 is 1. The molecule has 1 aromatic carbocycles. The number of hydrogen-bond acceptors (Lipinski definition) is 3. The van der Waals surface area contributed by atoms with E-state index < -0.39 is 6.67 Å². The van der Waals surface area contributed by atoms with Gasteiger partial charge in [-0.1, -0.05) is 19.1 Å². The maximum atomic E-state index is 12.0. The molecule has 0 spiro atoms. The van der Waals surface area contributed by atoms with Crippen LogP contribution < -0.4 is 4.74 Å². The van der Waals surface area contributed by atoms with Gasteiger partial charge in [-0.05, 0) is 24.6 Å². The first kappa shape index (κ1) is 15.3. The fourth-order valence-electron chi connectivity index (χ4n) is 1.45. The highest BCUT2D eigenvalue weighted by Crippen LogP contribution is 2.22. The van der Waals surface area contributed by atoms with Crippen molar-refractivity contribution in [2.45, 2.75) is 31.0 Å². The van der Waals surface area contributed by atoms with Gasteiger partial charge in [0, 0.05) is 11.0 Å². The van der Waals surface area contributed by atoms with Crippen molar-refractivity contribution in [3.63, 3.8) is 0 Å². The normalized spacial score (nSPS) is 14.2. The van der Waals surface area contributed by atoms with E-state index in [4.69, 9.17) is 9.47 Å². The van der Waals surface area contributed by atoms with Crippen LogP contribution in [0, 0.1) is 0 Å². The Balaban J connectivity index is 2.34. The van der Waals surface area contributed by atoms with E-state index in [1.165, 1.54) is 5.56 Å². The zero-order valence-electron chi connectivity index (χ0n) is 11.2. The molecule has 102 valence electrons. The van der Waals surface area contributed by atoms with Crippen molar-refractivity contribution in [3.05, 3.63) is 29.8 Å². The summed E-state index contributed by atoms with van der Waals surface area (Å²) in [4.78, 5) is 0. The summed E-state index contributed by atoms with van der Waals surface area (Å²) in [7, 11) is 1.66. The Morgan fingerprint density at radius 2 is 1.89 bits per heavy atom. The summed E-state index contributed by atoms with van der Waals surface area (Å²) < 4.78 is 22.5. The molecule has 0 heterocycles. The van der Waals surface area contributed by atoms with Gasteiger partial charge in [0.2, 0.25) is 0 Å². The van der Waals surface area contributed by atoms with E-state index in [-0.39, 0.29) is 12.7 Å². The number of rotatable bonds is 8. The molecule has 1 aromatic rings. The van der Waals surface area contributed by atoms with Crippen LogP contribution in [-0.2, 0) is 10.5 Å². The van der Waals surface area contributed by atoms with E-state index in [9.17, 15) is 4.39 Å². The van der Waals surface area contributed by atoms with E-state index in [0.29, 0.717) is 5.25 Å². The summed E-state index contributed by atoms with van der Waals surface area (Å²) >= 11 is 1.81. The molecule has 18 heavy (non-hydrogen) atoms. The fourth-order valence-corrected chi connectivity index (χ4v) is 2.45. The molecule has 0 saturated carbocycles. The van der Waals surface area contributed by atoms with E-state index in [1.807, 2.05) is 30.8 Å². The fraction of sp³-hybridized carbons (Fsp3) is 0.571. The Labute approximate surface area is 113 Å². The minimum Gasteiger partial charge on any atom is -0.497 e. The quantitative estimate of drug-likeness (QED) is 0.719. The summed E-state index contributed by atoms with van der Waals surface area (Å²) in [6, 6.07) is 8.05. The smallest absolute Gasteiger partial charge is 0.118 e. The Bertz CT molecular complexity index is 329. The third-order valence-corrected chi connectivity index (χ3v) is 4.20. The molecular weight excluding hydrogens is 251 g/mol. The van der Waals surface area contributed by atoms with Gasteiger partial charge in [-0.15, -0.1) is 0 Å². The molecule has 0 amide bonds. The van der Waals surface area contributed by atoms with E-state index in [0.717, 1.165) is 11.5 Å². The average molecular weight is 272 g/mol. The SMILES string of the molecule is COc1ccc(CS[C@H](C)C(C)OCCF)cc1. The molecule has 0 aliphatic rings. The second-order valence-electron chi connectivity index (χ2n) is 4.13. The first-order valence-corrected chi connectivity index (χ1v) is 7.14. The summed E-state index contributed by atoms with van der Waals surface area (Å²) in [6.07, 6.45) is 0.0731. The number of ether oxygens (including phenoxy) is 2. The van der Waals surface area contributed by atoms with Crippen molar-refractivity contribution in [2.24, 2.45) is 0 Å². The predicted molar refractivity (Wildman–Crippen MR) is 75.1 cm³/mol. The monoisotopic (exact) mass is 272 g/mol. The minimum atomic E-state index is -0.416. The lowest BCUT2D eigenvalue weighted by Gasteiger charge is -2.19. The Kier molecular flexibility index (Phi) is 7.13. The highest BCUT2D eigenvalue weighted by Gasteiger charge is 2.13. The van der Waals surface area contributed by atoms with Crippen LogP contribution in [0.15, 0.2) is 24.3 Å². The van der Waals surface area contributed by atoms with E-state index in [2.05, 4.69) is 19.1 Å². The molecule has 1 unspecified atom stereocenters. The molecular formula is C14H21FO2S. The minimum absolute atomic E-state index is 0.0731. The van der Waals surface area contributed by atoms with Gasteiger partial charge in [0.25, 0.3) is 0 Å². The number of halogens is 1. The number of alkyl halides is 1. The third-order valence-electron chi connectivity index (χ3n) is 2.79. The van der Waals surface area contributed by atoms with Gasteiger partial charge in [-0.2, -0.15) is 11.8 Å². The van der Waals surface area contributed by atoms with Crippen LogP contribution in [0.1, 0.15) is 19.4 Å². The maximum Gasteiger partial charge on any atom is 0.118 e. The molecule has 4 heteroatoms. The van der Waals surface area contributed by atoms with Crippen molar-refractivity contribution >= 4 is 11.8 Å². The van der Waals surface area contributed by atoms with Crippen LogP contribution in [0.25, 0.3) is 0 Å². The second kappa shape index (κ2) is 8.38. The molecule has 0 radical (unpaired) electrons. The highest BCUT2D eigenvalue weighted by atomic mass is 32.2. The predicted octanol–water partition coefficient (Wildman–Crippen LogP) is 3.69. The number of thioether (sulfide) groups is 1. The van der Waals surface area contributed by atoms with Crippen LogP contribution in [0.2, 0.25) is 0 Å². The molecule has 0 N–H and O–H groups in total. The lowest BCUT2D eigenvalue weighted by Crippen LogP contribution is -2.21. The van der Waals surface area contributed by atoms with Gasteiger partial charge >= 0.3 is 0 Å².